The molecule has 1 aromatic rings. The number of aliphatic hydroxyl groups is 1. The van der Waals surface area contributed by atoms with Gasteiger partial charge in [0.2, 0.25) is 0 Å². The van der Waals surface area contributed by atoms with Crippen LogP contribution in [0.1, 0.15) is 0 Å². The molecule has 0 spiro atoms. The minimum absolute atomic E-state index is 0.0185. The normalized spacial score (nSPS) is 21.2. The van der Waals surface area contributed by atoms with Crippen molar-refractivity contribution in [3.8, 4) is 0 Å². The van der Waals surface area contributed by atoms with Gasteiger partial charge in [-0.2, -0.15) is 0 Å². The van der Waals surface area contributed by atoms with Gasteiger partial charge in [-0.1, -0.05) is 11.6 Å². The van der Waals surface area contributed by atoms with Gasteiger partial charge in [-0.15, -0.1) is 0 Å². The highest BCUT2D eigenvalue weighted by Crippen LogP contribution is 2.27. The Labute approximate surface area is 107 Å². The quantitative estimate of drug-likeness (QED) is 0.903. The third-order valence-corrected chi connectivity index (χ3v) is 3.14. The van der Waals surface area contributed by atoms with Crippen molar-refractivity contribution in [3.63, 3.8) is 0 Å². The number of anilines is 1. The fourth-order valence-corrected chi connectivity index (χ4v) is 2.41. The summed E-state index contributed by atoms with van der Waals surface area (Å²) < 4.78 is 6.23. The SMILES string of the molecule is OCC1CN(c2ncc(Br)cc2Cl)CCO1. The van der Waals surface area contributed by atoms with Crippen molar-refractivity contribution >= 4 is 33.3 Å². The second-order valence-corrected chi connectivity index (χ2v) is 4.90. The van der Waals surface area contributed by atoms with Crippen LogP contribution in [0.4, 0.5) is 5.82 Å². The van der Waals surface area contributed by atoms with Gasteiger partial charge < -0.3 is 14.7 Å². The number of hydrogen-bond acceptors (Lipinski definition) is 4. The number of aromatic nitrogens is 1. The monoisotopic (exact) mass is 306 g/mol. The lowest BCUT2D eigenvalue weighted by Gasteiger charge is -2.33. The molecule has 4 nitrogen and oxygen atoms in total. The van der Waals surface area contributed by atoms with Gasteiger partial charge in [-0.05, 0) is 22.0 Å². The van der Waals surface area contributed by atoms with Crippen molar-refractivity contribution in [3.05, 3.63) is 21.8 Å². The molecule has 0 bridgehead atoms. The van der Waals surface area contributed by atoms with Gasteiger partial charge in [-0.3, -0.25) is 0 Å². The molecule has 1 N–H and O–H groups in total. The Morgan fingerprint density at radius 3 is 3.19 bits per heavy atom. The highest BCUT2D eigenvalue weighted by molar-refractivity contribution is 9.10. The molecule has 1 aromatic heterocycles. The van der Waals surface area contributed by atoms with Gasteiger partial charge in [0, 0.05) is 23.8 Å². The van der Waals surface area contributed by atoms with Gasteiger partial charge in [-0.25, -0.2) is 4.98 Å². The minimum Gasteiger partial charge on any atom is -0.394 e. The number of hydrogen-bond donors (Lipinski definition) is 1. The topological polar surface area (TPSA) is 45.6 Å². The maximum absolute atomic E-state index is 9.06. The summed E-state index contributed by atoms with van der Waals surface area (Å²) >= 11 is 9.43. The van der Waals surface area contributed by atoms with Crippen LogP contribution in [-0.4, -0.2) is 42.5 Å². The molecule has 1 atom stereocenters. The van der Waals surface area contributed by atoms with Gasteiger partial charge in [0.25, 0.3) is 0 Å². The average Bonchev–Trinajstić information content (AvgIpc) is 2.29. The van der Waals surface area contributed by atoms with Crippen LogP contribution in [-0.2, 0) is 4.74 Å². The maximum atomic E-state index is 9.06. The van der Waals surface area contributed by atoms with Crippen molar-refractivity contribution < 1.29 is 9.84 Å². The molecule has 1 aliphatic rings. The van der Waals surface area contributed by atoms with E-state index in [1.54, 1.807) is 6.20 Å². The molecule has 1 aliphatic heterocycles. The largest absolute Gasteiger partial charge is 0.394 e. The smallest absolute Gasteiger partial charge is 0.147 e. The van der Waals surface area contributed by atoms with Crippen molar-refractivity contribution in [2.24, 2.45) is 0 Å². The Balaban J connectivity index is 2.16. The molecule has 2 heterocycles. The predicted molar refractivity (Wildman–Crippen MR) is 66.0 cm³/mol. The van der Waals surface area contributed by atoms with Crippen molar-refractivity contribution in [2.45, 2.75) is 6.10 Å². The summed E-state index contributed by atoms with van der Waals surface area (Å²) in [4.78, 5) is 6.31. The van der Waals surface area contributed by atoms with Crippen molar-refractivity contribution in [1.82, 2.24) is 4.98 Å². The summed E-state index contributed by atoms with van der Waals surface area (Å²) in [5.74, 6) is 0.742. The zero-order valence-electron chi connectivity index (χ0n) is 8.57. The first-order valence-electron chi connectivity index (χ1n) is 4.99. The molecule has 1 fully saturated rings. The van der Waals surface area contributed by atoms with E-state index in [1.165, 1.54) is 0 Å². The molecule has 6 heteroatoms. The van der Waals surface area contributed by atoms with E-state index in [1.807, 2.05) is 11.0 Å². The van der Waals surface area contributed by atoms with Crippen LogP contribution in [0.3, 0.4) is 0 Å². The lowest BCUT2D eigenvalue weighted by Crippen LogP contribution is -2.44. The first-order chi connectivity index (χ1) is 7.70. The number of morpholine rings is 1. The molecule has 2 rings (SSSR count). The van der Waals surface area contributed by atoms with Crippen LogP contribution in [0, 0.1) is 0 Å². The Morgan fingerprint density at radius 2 is 2.50 bits per heavy atom. The van der Waals surface area contributed by atoms with E-state index in [0.717, 1.165) is 16.8 Å². The molecule has 1 unspecified atom stereocenters. The highest BCUT2D eigenvalue weighted by Gasteiger charge is 2.22. The molecule has 1 saturated heterocycles. The Hall–Kier alpha value is -0.360. The minimum atomic E-state index is -0.157. The van der Waals surface area contributed by atoms with E-state index in [4.69, 9.17) is 21.4 Å². The summed E-state index contributed by atoms with van der Waals surface area (Å²) in [5.41, 5.74) is 0. The molecule has 88 valence electrons. The van der Waals surface area contributed by atoms with E-state index < -0.39 is 0 Å². The zero-order valence-corrected chi connectivity index (χ0v) is 10.9. The second-order valence-electron chi connectivity index (χ2n) is 3.58. The third kappa shape index (κ3) is 2.66. The first-order valence-corrected chi connectivity index (χ1v) is 6.16. The van der Waals surface area contributed by atoms with Crippen LogP contribution in [0.15, 0.2) is 16.7 Å². The van der Waals surface area contributed by atoms with Crippen LogP contribution in [0.25, 0.3) is 0 Å². The standard InChI is InChI=1S/C10H12BrClN2O2/c11-7-3-9(12)10(13-4-7)14-1-2-16-8(5-14)6-15/h3-4,8,15H,1-2,5-6H2. The average molecular weight is 308 g/mol. The summed E-state index contributed by atoms with van der Waals surface area (Å²) in [6.07, 6.45) is 1.56. The van der Waals surface area contributed by atoms with E-state index in [0.29, 0.717) is 18.2 Å². The molecular weight excluding hydrogens is 295 g/mol. The molecule has 0 radical (unpaired) electrons. The lowest BCUT2D eigenvalue weighted by atomic mass is 10.3. The first kappa shape index (κ1) is 12.1. The number of rotatable bonds is 2. The van der Waals surface area contributed by atoms with E-state index in [9.17, 15) is 0 Å². The second kappa shape index (κ2) is 5.31. The summed E-state index contributed by atoms with van der Waals surface area (Å²) in [7, 11) is 0. The number of aliphatic hydroxyl groups excluding tert-OH is 1. The number of nitrogens with zero attached hydrogens (tertiary/aromatic N) is 2. The predicted octanol–water partition coefficient (Wildman–Crippen LogP) is 1.69. The van der Waals surface area contributed by atoms with Crippen LogP contribution in [0.5, 0.6) is 0 Å². The Bertz CT molecular complexity index is 378. The molecular formula is C10H12BrClN2O2. The fraction of sp³-hybridized carbons (Fsp3) is 0.500. The number of halogens is 2. The Kier molecular flexibility index (Phi) is 4.02. The van der Waals surface area contributed by atoms with E-state index in [2.05, 4.69) is 20.9 Å². The molecule has 0 saturated carbocycles. The fourth-order valence-electron chi connectivity index (χ4n) is 1.66. The molecule has 0 aliphatic carbocycles. The highest BCUT2D eigenvalue weighted by atomic mass is 79.9. The molecule has 0 aromatic carbocycles. The summed E-state index contributed by atoms with van der Waals surface area (Å²) in [6, 6.07) is 1.81. The maximum Gasteiger partial charge on any atom is 0.147 e. The third-order valence-electron chi connectivity index (χ3n) is 2.43. The summed E-state index contributed by atoms with van der Waals surface area (Å²) in [5, 5.41) is 9.66. The Morgan fingerprint density at radius 1 is 1.69 bits per heavy atom. The zero-order chi connectivity index (χ0) is 11.5. The van der Waals surface area contributed by atoms with E-state index in [-0.39, 0.29) is 12.7 Å². The van der Waals surface area contributed by atoms with Gasteiger partial charge in [0.05, 0.1) is 24.3 Å². The van der Waals surface area contributed by atoms with Crippen LogP contribution < -0.4 is 4.90 Å². The van der Waals surface area contributed by atoms with Crippen LogP contribution in [0.2, 0.25) is 5.02 Å². The lowest BCUT2D eigenvalue weighted by molar-refractivity contribution is 0.00337. The molecule has 0 amide bonds. The van der Waals surface area contributed by atoms with Gasteiger partial charge >= 0.3 is 0 Å². The van der Waals surface area contributed by atoms with Crippen molar-refractivity contribution in [1.29, 1.82) is 0 Å². The number of ether oxygens (including phenoxy) is 1. The van der Waals surface area contributed by atoms with Gasteiger partial charge in [0.15, 0.2) is 0 Å². The van der Waals surface area contributed by atoms with Crippen LogP contribution >= 0.6 is 27.5 Å². The summed E-state index contributed by atoms with van der Waals surface area (Å²) in [6.45, 7) is 1.96. The molecule has 16 heavy (non-hydrogen) atoms. The van der Waals surface area contributed by atoms with Crippen molar-refractivity contribution in [2.75, 3.05) is 31.2 Å². The van der Waals surface area contributed by atoms with E-state index >= 15 is 0 Å². The van der Waals surface area contributed by atoms with Gasteiger partial charge in [0.1, 0.15) is 5.82 Å². The number of pyridine rings is 1.